The largest absolute Gasteiger partial charge is 0.464 e. The molecule has 17 heavy (non-hydrogen) atoms. The maximum absolute atomic E-state index is 5.70. The van der Waals surface area contributed by atoms with E-state index in [0.717, 1.165) is 35.1 Å². The van der Waals surface area contributed by atoms with Crippen LogP contribution in [0.3, 0.4) is 0 Å². The quantitative estimate of drug-likeness (QED) is 0.632. The van der Waals surface area contributed by atoms with Gasteiger partial charge in [0, 0.05) is 18.2 Å². The van der Waals surface area contributed by atoms with Crippen molar-refractivity contribution in [3.8, 4) is 0 Å². The minimum Gasteiger partial charge on any atom is -0.464 e. The average molecular weight is 251 g/mol. The Bertz CT molecular complexity index is 478. The summed E-state index contributed by atoms with van der Waals surface area (Å²) >= 11 is 1.65. The third kappa shape index (κ3) is 2.94. The van der Waals surface area contributed by atoms with Gasteiger partial charge in [0.05, 0.1) is 16.7 Å². The van der Waals surface area contributed by atoms with Crippen molar-refractivity contribution >= 4 is 11.3 Å². The molecule has 2 rings (SSSR count). The van der Waals surface area contributed by atoms with Gasteiger partial charge in [-0.1, -0.05) is 6.92 Å². The maximum atomic E-state index is 5.70. The molecule has 0 saturated carbocycles. The third-order valence-electron chi connectivity index (χ3n) is 2.66. The number of nitrogens with two attached hydrogens (primary N) is 1. The van der Waals surface area contributed by atoms with E-state index in [-0.39, 0.29) is 6.04 Å². The van der Waals surface area contributed by atoms with Crippen molar-refractivity contribution < 1.29 is 4.42 Å². The summed E-state index contributed by atoms with van der Waals surface area (Å²) in [5.74, 6) is 7.43. The zero-order valence-corrected chi connectivity index (χ0v) is 10.9. The highest BCUT2D eigenvalue weighted by Gasteiger charge is 2.15. The number of thiazole rings is 1. The van der Waals surface area contributed by atoms with Gasteiger partial charge in [0.2, 0.25) is 0 Å². The Morgan fingerprint density at radius 2 is 2.35 bits per heavy atom. The Hall–Kier alpha value is -1.17. The van der Waals surface area contributed by atoms with Gasteiger partial charge in [0.25, 0.3) is 0 Å². The number of hydrogen-bond donors (Lipinski definition) is 2. The van der Waals surface area contributed by atoms with Gasteiger partial charge in [-0.3, -0.25) is 5.84 Å². The lowest BCUT2D eigenvalue weighted by atomic mass is 10.1. The topological polar surface area (TPSA) is 64.1 Å². The van der Waals surface area contributed by atoms with Crippen molar-refractivity contribution in [2.75, 3.05) is 0 Å². The Kier molecular flexibility index (Phi) is 3.93. The summed E-state index contributed by atoms with van der Waals surface area (Å²) < 4.78 is 5.70. The van der Waals surface area contributed by atoms with E-state index in [9.17, 15) is 0 Å². The number of nitrogens with one attached hydrogen (secondary N) is 1. The number of rotatable bonds is 5. The molecule has 0 spiro atoms. The van der Waals surface area contributed by atoms with E-state index in [1.165, 1.54) is 0 Å². The summed E-state index contributed by atoms with van der Waals surface area (Å²) in [6.07, 6.45) is 1.64. The number of aryl methyl sites for hydroxylation is 2. The van der Waals surface area contributed by atoms with Gasteiger partial charge >= 0.3 is 0 Å². The van der Waals surface area contributed by atoms with Crippen LogP contribution in [0.4, 0.5) is 0 Å². The lowest BCUT2D eigenvalue weighted by Gasteiger charge is -2.11. The van der Waals surface area contributed by atoms with Crippen molar-refractivity contribution in [1.82, 2.24) is 10.4 Å². The fraction of sp³-hybridized carbons (Fsp3) is 0.417. The third-order valence-corrected chi connectivity index (χ3v) is 3.48. The summed E-state index contributed by atoms with van der Waals surface area (Å²) in [6.45, 7) is 4.07. The van der Waals surface area contributed by atoms with Gasteiger partial charge in [0.15, 0.2) is 0 Å². The van der Waals surface area contributed by atoms with Crippen LogP contribution >= 0.6 is 11.3 Å². The molecule has 4 nitrogen and oxygen atoms in total. The van der Waals surface area contributed by atoms with E-state index >= 15 is 0 Å². The molecule has 0 bridgehead atoms. The molecule has 0 aliphatic heterocycles. The van der Waals surface area contributed by atoms with Gasteiger partial charge in [-0.25, -0.2) is 10.4 Å². The molecular formula is C12H17N3OS. The molecule has 2 aromatic heterocycles. The summed E-state index contributed by atoms with van der Waals surface area (Å²) in [7, 11) is 0. The van der Waals surface area contributed by atoms with E-state index in [4.69, 9.17) is 10.3 Å². The van der Waals surface area contributed by atoms with Gasteiger partial charge in [-0.05, 0) is 19.1 Å². The summed E-state index contributed by atoms with van der Waals surface area (Å²) in [4.78, 5) is 4.43. The van der Waals surface area contributed by atoms with Crippen molar-refractivity contribution in [3.05, 3.63) is 39.7 Å². The number of furan rings is 1. The van der Waals surface area contributed by atoms with Crippen LogP contribution in [0.25, 0.3) is 0 Å². The predicted molar refractivity (Wildman–Crippen MR) is 68.7 cm³/mol. The van der Waals surface area contributed by atoms with Crippen molar-refractivity contribution in [1.29, 1.82) is 0 Å². The van der Waals surface area contributed by atoms with Gasteiger partial charge in [0.1, 0.15) is 11.5 Å². The normalized spacial score (nSPS) is 12.9. The summed E-state index contributed by atoms with van der Waals surface area (Å²) in [6, 6.07) is 3.95. The van der Waals surface area contributed by atoms with Crippen LogP contribution in [0, 0.1) is 6.92 Å². The van der Waals surface area contributed by atoms with Gasteiger partial charge in [-0.2, -0.15) is 0 Å². The van der Waals surface area contributed by atoms with E-state index in [1.54, 1.807) is 11.3 Å². The molecule has 2 aromatic rings. The molecule has 0 aromatic carbocycles. The minimum atomic E-state index is -0.0169. The van der Waals surface area contributed by atoms with Crippen molar-refractivity contribution in [2.24, 2.45) is 5.84 Å². The Labute approximate surface area is 105 Å². The monoisotopic (exact) mass is 251 g/mol. The van der Waals surface area contributed by atoms with Crippen LogP contribution in [-0.2, 0) is 12.8 Å². The minimum absolute atomic E-state index is 0.0169. The standard InChI is InChI=1S/C12H17N3OS/c1-3-10-4-5-12(16-10)11(15-13)6-9-7-17-8(2)14-9/h4-5,7,11,15H,3,6,13H2,1-2H3. The van der Waals surface area contributed by atoms with Crippen LogP contribution in [0.5, 0.6) is 0 Å². The molecule has 0 aliphatic rings. The molecule has 0 saturated heterocycles. The first-order chi connectivity index (χ1) is 8.22. The van der Waals surface area contributed by atoms with Crippen LogP contribution in [0.2, 0.25) is 0 Å². The molecule has 1 atom stereocenters. The molecule has 92 valence electrons. The fourth-order valence-corrected chi connectivity index (χ4v) is 2.35. The Morgan fingerprint density at radius 1 is 1.53 bits per heavy atom. The van der Waals surface area contributed by atoms with E-state index in [0.29, 0.717) is 0 Å². The maximum Gasteiger partial charge on any atom is 0.122 e. The highest BCUT2D eigenvalue weighted by molar-refractivity contribution is 7.09. The SMILES string of the molecule is CCc1ccc(C(Cc2csc(C)n2)NN)o1. The fourth-order valence-electron chi connectivity index (χ4n) is 1.72. The number of aromatic nitrogens is 1. The van der Waals surface area contributed by atoms with Crippen LogP contribution < -0.4 is 11.3 Å². The molecule has 2 heterocycles. The van der Waals surface area contributed by atoms with Gasteiger partial charge < -0.3 is 4.42 Å². The summed E-state index contributed by atoms with van der Waals surface area (Å²) in [5, 5.41) is 3.13. The molecule has 0 fully saturated rings. The highest BCUT2D eigenvalue weighted by Crippen LogP contribution is 2.21. The Balaban J connectivity index is 2.10. The molecule has 5 heteroatoms. The first-order valence-electron chi connectivity index (χ1n) is 5.68. The molecule has 3 N–H and O–H groups in total. The second kappa shape index (κ2) is 5.44. The first-order valence-corrected chi connectivity index (χ1v) is 6.56. The van der Waals surface area contributed by atoms with Crippen molar-refractivity contribution in [2.45, 2.75) is 32.7 Å². The smallest absolute Gasteiger partial charge is 0.122 e. The molecule has 1 unspecified atom stereocenters. The molecule has 0 radical (unpaired) electrons. The molecule has 0 aliphatic carbocycles. The summed E-state index contributed by atoms with van der Waals surface area (Å²) in [5.41, 5.74) is 3.83. The first kappa shape index (κ1) is 12.3. The predicted octanol–water partition coefficient (Wildman–Crippen LogP) is 2.35. The highest BCUT2D eigenvalue weighted by atomic mass is 32.1. The lowest BCUT2D eigenvalue weighted by molar-refractivity contribution is 0.395. The van der Waals surface area contributed by atoms with Crippen LogP contribution in [0.15, 0.2) is 21.9 Å². The lowest BCUT2D eigenvalue weighted by Crippen LogP contribution is -2.29. The number of nitrogens with zero attached hydrogens (tertiary/aromatic N) is 1. The Morgan fingerprint density at radius 3 is 2.88 bits per heavy atom. The molecule has 0 amide bonds. The van der Waals surface area contributed by atoms with Crippen molar-refractivity contribution in [3.63, 3.8) is 0 Å². The number of hydrogen-bond acceptors (Lipinski definition) is 5. The van der Waals surface area contributed by atoms with Crippen LogP contribution in [0.1, 0.15) is 35.2 Å². The van der Waals surface area contributed by atoms with E-state index in [1.807, 2.05) is 19.1 Å². The zero-order chi connectivity index (χ0) is 12.3. The van der Waals surface area contributed by atoms with E-state index < -0.39 is 0 Å². The number of hydrazine groups is 1. The second-order valence-corrected chi connectivity index (χ2v) is 5.00. The molecular weight excluding hydrogens is 234 g/mol. The average Bonchev–Trinajstić information content (AvgIpc) is 2.94. The second-order valence-electron chi connectivity index (χ2n) is 3.94. The zero-order valence-electron chi connectivity index (χ0n) is 10.1. The van der Waals surface area contributed by atoms with Crippen LogP contribution in [-0.4, -0.2) is 4.98 Å². The van der Waals surface area contributed by atoms with E-state index in [2.05, 4.69) is 22.7 Å². The van der Waals surface area contributed by atoms with Gasteiger partial charge in [-0.15, -0.1) is 11.3 Å².